The Balaban J connectivity index is 1.55. The third kappa shape index (κ3) is 4.78. The number of amides is 1. The molecule has 142 valence electrons. The Morgan fingerprint density at radius 3 is 2.48 bits per heavy atom. The number of hydrogen-bond acceptors (Lipinski definition) is 5. The van der Waals surface area contributed by atoms with Crippen LogP contribution in [0.3, 0.4) is 0 Å². The third-order valence-corrected chi connectivity index (χ3v) is 4.34. The van der Waals surface area contributed by atoms with Crippen molar-refractivity contribution in [2.75, 3.05) is 19.8 Å². The Morgan fingerprint density at radius 2 is 1.78 bits per heavy atom. The van der Waals surface area contributed by atoms with Crippen LogP contribution in [-0.2, 0) is 9.53 Å². The molecule has 2 aromatic carbocycles. The molecule has 2 aromatic rings. The maximum Gasteiger partial charge on any atom is 0.338 e. The number of ether oxygens (including phenoxy) is 3. The molecule has 0 spiro atoms. The summed E-state index contributed by atoms with van der Waals surface area (Å²) in [4.78, 5) is 24.4. The Morgan fingerprint density at radius 1 is 1.07 bits per heavy atom. The maximum atomic E-state index is 12.2. The van der Waals surface area contributed by atoms with E-state index in [1.165, 1.54) is 0 Å². The van der Waals surface area contributed by atoms with E-state index in [2.05, 4.69) is 5.32 Å². The summed E-state index contributed by atoms with van der Waals surface area (Å²) in [6, 6.07) is 12.7. The molecule has 1 amide bonds. The van der Waals surface area contributed by atoms with Crippen LogP contribution in [0.25, 0.3) is 0 Å². The molecule has 0 radical (unpaired) electrons. The van der Waals surface area contributed by atoms with Gasteiger partial charge in [0.1, 0.15) is 13.2 Å². The Hall–Kier alpha value is -3.02. The van der Waals surface area contributed by atoms with Crippen molar-refractivity contribution in [3.63, 3.8) is 0 Å². The highest BCUT2D eigenvalue weighted by molar-refractivity contribution is 5.92. The first-order chi connectivity index (χ1) is 13.1. The minimum atomic E-state index is -0.578. The summed E-state index contributed by atoms with van der Waals surface area (Å²) in [5.41, 5.74) is 2.50. The third-order valence-electron chi connectivity index (χ3n) is 4.34. The molecular formula is C21H23NO5. The molecule has 3 rings (SSSR count). The molecule has 27 heavy (non-hydrogen) atoms. The lowest BCUT2D eigenvalue weighted by atomic mass is 10.0. The van der Waals surface area contributed by atoms with E-state index >= 15 is 0 Å². The van der Waals surface area contributed by atoms with Crippen LogP contribution in [0.15, 0.2) is 42.5 Å². The lowest BCUT2D eigenvalue weighted by Gasteiger charge is -2.19. The van der Waals surface area contributed by atoms with Crippen molar-refractivity contribution in [1.29, 1.82) is 0 Å². The maximum absolute atomic E-state index is 12.2. The fourth-order valence-electron chi connectivity index (χ4n) is 2.84. The van der Waals surface area contributed by atoms with Gasteiger partial charge in [0.15, 0.2) is 18.1 Å². The molecule has 1 aliphatic heterocycles. The topological polar surface area (TPSA) is 73.9 Å². The van der Waals surface area contributed by atoms with Crippen molar-refractivity contribution in [2.24, 2.45) is 0 Å². The number of rotatable bonds is 6. The molecule has 1 aliphatic rings. The van der Waals surface area contributed by atoms with E-state index in [-0.39, 0.29) is 18.6 Å². The van der Waals surface area contributed by atoms with Gasteiger partial charge in [-0.25, -0.2) is 4.79 Å². The van der Waals surface area contributed by atoms with Gasteiger partial charge in [-0.15, -0.1) is 0 Å². The van der Waals surface area contributed by atoms with Crippen molar-refractivity contribution in [3.8, 4) is 11.5 Å². The van der Waals surface area contributed by atoms with Gasteiger partial charge in [0.25, 0.3) is 5.91 Å². The van der Waals surface area contributed by atoms with Crippen LogP contribution in [0.2, 0.25) is 0 Å². The summed E-state index contributed by atoms with van der Waals surface area (Å²) in [5.74, 6) is 0.184. The highest BCUT2D eigenvalue weighted by atomic mass is 16.6. The number of aryl methyl sites for hydroxylation is 1. The molecule has 0 bridgehead atoms. The largest absolute Gasteiger partial charge is 0.486 e. The van der Waals surface area contributed by atoms with Crippen LogP contribution in [-0.4, -0.2) is 31.7 Å². The molecule has 6 heteroatoms. The number of benzene rings is 2. The number of fused-ring (bicyclic) bond motifs is 1. The predicted molar refractivity (Wildman–Crippen MR) is 100 cm³/mol. The second-order valence-electron chi connectivity index (χ2n) is 6.37. The van der Waals surface area contributed by atoms with Crippen LogP contribution in [0.5, 0.6) is 11.5 Å². The van der Waals surface area contributed by atoms with Gasteiger partial charge in [0.05, 0.1) is 11.6 Å². The molecule has 0 unspecified atom stereocenters. The summed E-state index contributed by atoms with van der Waals surface area (Å²) in [6.45, 7) is 4.59. The quantitative estimate of drug-likeness (QED) is 0.792. The van der Waals surface area contributed by atoms with Crippen LogP contribution >= 0.6 is 0 Å². The normalized spacial score (nSPS) is 13.6. The van der Waals surface area contributed by atoms with Crippen molar-refractivity contribution in [3.05, 3.63) is 59.2 Å². The van der Waals surface area contributed by atoms with Crippen LogP contribution in [0.1, 0.15) is 40.9 Å². The Bertz CT molecular complexity index is 816. The molecule has 0 aromatic heterocycles. The van der Waals surface area contributed by atoms with Crippen molar-refractivity contribution < 1.29 is 23.8 Å². The van der Waals surface area contributed by atoms with Crippen molar-refractivity contribution in [1.82, 2.24) is 5.32 Å². The zero-order valence-electron chi connectivity index (χ0n) is 15.5. The lowest BCUT2D eigenvalue weighted by molar-refractivity contribution is -0.125. The number of hydrogen-bond donors (Lipinski definition) is 1. The van der Waals surface area contributed by atoms with Crippen LogP contribution in [0, 0.1) is 6.92 Å². The molecule has 6 nitrogen and oxygen atoms in total. The summed E-state index contributed by atoms with van der Waals surface area (Å²) in [6.07, 6.45) is 0.741. The van der Waals surface area contributed by atoms with Crippen molar-refractivity contribution >= 4 is 11.9 Å². The van der Waals surface area contributed by atoms with E-state index in [0.29, 0.717) is 30.3 Å². The van der Waals surface area contributed by atoms with Crippen LogP contribution < -0.4 is 14.8 Å². The van der Waals surface area contributed by atoms with Crippen LogP contribution in [0.4, 0.5) is 0 Å². The average molecular weight is 369 g/mol. The number of esters is 1. The molecule has 0 saturated carbocycles. The molecule has 0 aliphatic carbocycles. The molecule has 0 fully saturated rings. The van der Waals surface area contributed by atoms with Gasteiger partial charge < -0.3 is 19.5 Å². The van der Waals surface area contributed by atoms with Gasteiger partial charge in [-0.05, 0) is 37.1 Å². The lowest BCUT2D eigenvalue weighted by Crippen LogP contribution is -2.32. The molecule has 1 N–H and O–H groups in total. The first-order valence-corrected chi connectivity index (χ1v) is 8.99. The fraction of sp³-hybridized carbons (Fsp3) is 0.333. The van der Waals surface area contributed by atoms with Gasteiger partial charge in [0, 0.05) is 0 Å². The van der Waals surface area contributed by atoms with E-state index in [9.17, 15) is 9.59 Å². The van der Waals surface area contributed by atoms with E-state index < -0.39 is 5.97 Å². The summed E-state index contributed by atoms with van der Waals surface area (Å²) in [5, 5.41) is 2.90. The highest BCUT2D eigenvalue weighted by Gasteiger charge is 2.18. The van der Waals surface area contributed by atoms with E-state index in [4.69, 9.17) is 14.2 Å². The fourth-order valence-corrected chi connectivity index (χ4v) is 2.84. The molecular weight excluding hydrogens is 346 g/mol. The number of carbonyl (C=O) groups excluding carboxylic acids is 2. The second-order valence-corrected chi connectivity index (χ2v) is 6.37. The van der Waals surface area contributed by atoms with Gasteiger partial charge >= 0.3 is 5.97 Å². The van der Waals surface area contributed by atoms with Crippen molar-refractivity contribution in [2.45, 2.75) is 26.3 Å². The highest BCUT2D eigenvalue weighted by Crippen LogP contribution is 2.30. The van der Waals surface area contributed by atoms with E-state index in [1.54, 1.807) is 18.2 Å². The minimum Gasteiger partial charge on any atom is -0.486 e. The number of nitrogens with one attached hydrogen (secondary N) is 1. The predicted octanol–water partition coefficient (Wildman–Crippen LogP) is 3.19. The standard InChI is InChI=1S/C21H23NO5/c1-3-17(15-6-4-14(2)5-7-15)22-20(23)13-27-21(24)16-8-9-18-19(12-16)26-11-10-25-18/h4-9,12,17H,3,10-11,13H2,1-2H3,(H,22,23)/t17-/m0/s1. The molecule has 0 saturated heterocycles. The second kappa shape index (κ2) is 8.58. The first kappa shape index (κ1) is 18.8. The zero-order valence-corrected chi connectivity index (χ0v) is 15.5. The first-order valence-electron chi connectivity index (χ1n) is 8.99. The Labute approximate surface area is 158 Å². The summed E-state index contributed by atoms with van der Waals surface area (Å²) >= 11 is 0. The molecule has 1 heterocycles. The summed E-state index contributed by atoms with van der Waals surface area (Å²) in [7, 11) is 0. The SMILES string of the molecule is CC[C@H](NC(=O)COC(=O)c1ccc2c(c1)OCCO2)c1ccc(C)cc1. The zero-order chi connectivity index (χ0) is 19.2. The monoisotopic (exact) mass is 369 g/mol. The van der Waals surface area contributed by atoms with Gasteiger partial charge in [-0.2, -0.15) is 0 Å². The van der Waals surface area contributed by atoms with Gasteiger partial charge in [0.2, 0.25) is 0 Å². The van der Waals surface area contributed by atoms with E-state index in [1.807, 2.05) is 38.1 Å². The van der Waals surface area contributed by atoms with Gasteiger partial charge in [-0.1, -0.05) is 36.8 Å². The molecule has 1 atom stereocenters. The average Bonchev–Trinajstić information content (AvgIpc) is 2.70. The minimum absolute atomic E-state index is 0.119. The number of carbonyl (C=O) groups is 2. The smallest absolute Gasteiger partial charge is 0.338 e. The van der Waals surface area contributed by atoms with E-state index in [0.717, 1.165) is 17.5 Å². The van der Waals surface area contributed by atoms with Gasteiger partial charge in [-0.3, -0.25) is 4.79 Å². The summed E-state index contributed by atoms with van der Waals surface area (Å²) < 4.78 is 16.0. The Kier molecular flexibility index (Phi) is 5.96.